The van der Waals surface area contributed by atoms with E-state index in [1.54, 1.807) is 13.3 Å². The summed E-state index contributed by atoms with van der Waals surface area (Å²) in [6, 6.07) is 28.0. The molecule has 0 saturated heterocycles. The average molecular weight is 517 g/mol. The van der Waals surface area contributed by atoms with Gasteiger partial charge in [-0.1, -0.05) is 72.8 Å². The number of amides is 1. The molecular weight excluding hydrogens is 492 g/mol. The van der Waals surface area contributed by atoms with Gasteiger partial charge in [0, 0.05) is 6.42 Å². The van der Waals surface area contributed by atoms with Crippen LogP contribution in [0.2, 0.25) is 0 Å². The van der Waals surface area contributed by atoms with Crippen LogP contribution < -0.4 is 14.9 Å². The van der Waals surface area contributed by atoms with Gasteiger partial charge in [0.1, 0.15) is 6.61 Å². The zero-order valence-corrected chi connectivity index (χ0v) is 20.4. The summed E-state index contributed by atoms with van der Waals surface area (Å²) in [6.45, 7) is 0.404. The molecule has 4 aromatic rings. The van der Waals surface area contributed by atoms with Crippen molar-refractivity contribution in [2.24, 2.45) is 5.10 Å². The lowest BCUT2D eigenvalue weighted by atomic mass is 10.1. The van der Waals surface area contributed by atoms with E-state index in [2.05, 4.69) is 50.7 Å². The Hall–Kier alpha value is -3.64. The Morgan fingerprint density at radius 3 is 2.59 bits per heavy atom. The second-order valence-electron chi connectivity index (χ2n) is 7.74. The van der Waals surface area contributed by atoms with Gasteiger partial charge in [0.25, 0.3) is 0 Å². The van der Waals surface area contributed by atoms with Crippen LogP contribution in [0.3, 0.4) is 0 Å². The molecule has 1 N–H and O–H groups in total. The van der Waals surface area contributed by atoms with Gasteiger partial charge in [-0.3, -0.25) is 4.79 Å². The lowest BCUT2D eigenvalue weighted by Crippen LogP contribution is -2.17. The van der Waals surface area contributed by atoms with Crippen LogP contribution in [0.5, 0.6) is 11.5 Å². The van der Waals surface area contributed by atoms with Gasteiger partial charge >= 0.3 is 0 Å². The van der Waals surface area contributed by atoms with Gasteiger partial charge in [-0.25, -0.2) is 5.43 Å². The van der Waals surface area contributed by atoms with E-state index in [-0.39, 0.29) is 5.91 Å². The van der Waals surface area contributed by atoms with E-state index in [0.29, 0.717) is 30.9 Å². The van der Waals surface area contributed by atoms with Crippen LogP contribution in [-0.4, -0.2) is 19.2 Å². The van der Waals surface area contributed by atoms with E-state index >= 15 is 0 Å². The molecule has 172 valence electrons. The Labute approximate surface area is 207 Å². The van der Waals surface area contributed by atoms with Crippen LogP contribution >= 0.6 is 15.9 Å². The van der Waals surface area contributed by atoms with Crippen molar-refractivity contribution in [1.29, 1.82) is 0 Å². The summed E-state index contributed by atoms with van der Waals surface area (Å²) < 4.78 is 12.4. The zero-order valence-electron chi connectivity index (χ0n) is 18.8. The fraction of sp³-hybridized carbons (Fsp3) is 0.143. The molecule has 5 nitrogen and oxygen atoms in total. The maximum Gasteiger partial charge on any atom is 0.240 e. The number of benzene rings is 4. The minimum atomic E-state index is -0.138. The van der Waals surface area contributed by atoms with Crippen LogP contribution in [0, 0.1) is 0 Å². The molecule has 34 heavy (non-hydrogen) atoms. The maximum absolute atomic E-state index is 12.1. The lowest BCUT2D eigenvalue weighted by Gasteiger charge is -2.14. The number of methoxy groups -OCH3 is 1. The summed E-state index contributed by atoms with van der Waals surface area (Å²) in [6.07, 6.45) is 2.63. The normalized spacial score (nSPS) is 11.0. The van der Waals surface area contributed by atoms with Crippen LogP contribution in [0.4, 0.5) is 0 Å². The molecule has 1 amide bonds. The van der Waals surface area contributed by atoms with Crippen molar-refractivity contribution >= 4 is 38.8 Å². The Morgan fingerprint density at radius 1 is 1.00 bits per heavy atom. The van der Waals surface area contributed by atoms with Gasteiger partial charge in [-0.2, -0.15) is 5.10 Å². The van der Waals surface area contributed by atoms with Gasteiger partial charge < -0.3 is 9.47 Å². The maximum atomic E-state index is 12.1. The molecule has 0 aliphatic carbocycles. The van der Waals surface area contributed by atoms with Crippen molar-refractivity contribution in [3.63, 3.8) is 0 Å². The molecule has 0 spiro atoms. The average Bonchev–Trinajstić information content (AvgIpc) is 2.87. The third-order valence-corrected chi connectivity index (χ3v) is 5.98. The Kier molecular flexibility index (Phi) is 7.94. The SMILES string of the molecule is COc1cc(/C=N\NC(=O)CCc2ccccc2)cc(Br)c1OCc1cccc2ccccc12. The van der Waals surface area contributed by atoms with E-state index in [1.165, 1.54) is 5.39 Å². The van der Waals surface area contributed by atoms with Crippen molar-refractivity contribution < 1.29 is 14.3 Å². The van der Waals surface area contributed by atoms with Crippen molar-refractivity contribution in [3.05, 3.63) is 106 Å². The largest absolute Gasteiger partial charge is 0.493 e. The number of nitrogens with one attached hydrogen (secondary N) is 1. The molecule has 0 aliphatic rings. The second-order valence-corrected chi connectivity index (χ2v) is 8.59. The number of fused-ring (bicyclic) bond motifs is 1. The molecule has 0 aliphatic heterocycles. The van der Waals surface area contributed by atoms with Crippen molar-refractivity contribution in [3.8, 4) is 11.5 Å². The Bertz CT molecular complexity index is 1300. The summed E-state index contributed by atoms with van der Waals surface area (Å²) in [4.78, 5) is 12.1. The topological polar surface area (TPSA) is 59.9 Å². The predicted molar refractivity (Wildman–Crippen MR) is 139 cm³/mol. The van der Waals surface area contributed by atoms with Gasteiger partial charge in [-0.15, -0.1) is 0 Å². The molecule has 0 radical (unpaired) electrons. The second kappa shape index (κ2) is 11.5. The first kappa shape index (κ1) is 23.5. The molecule has 0 saturated carbocycles. The van der Waals surface area contributed by atoms with Gasteiger partial charge in [-0.05, 0) is 61.9 Å². The van der Waals surface area contributed by atoms with E-state index < -0.39 is 0 Å². The monoisotopic (exact) mass is 516 g/mol. The van der Waals surface area contributed by atoms with Crippen LogP contribution in [0.1, 0.15) is 23.1 Å². The third-order valence-electron chi connectivity index (χ3n) is 5.39. The highest BCUT2D eigenvalue weighted by atomic mass is 79.9. The first-order valence-corrected chi connectivity index (χ1v) is 11.8. The van der Waals surface area contributed by atoms with E-state index in [1.807, 2.05) is 60.7 Å². The molecule has 0 bridgehead atoms. The van der Waals surface area contributed by atoms with Crippen molar-refractivity contribution in [1.82, 2.24) is 5.43 Å². The number of ether oxygens (including phenoxy) is 2. The highest BCUT2D eigenvalue weighted by Crippen LogP contribution is 2.37. The molecule has 0 fully saturated rings. The number of hydrazone groups is 1. The van der Waals surface area contributed by atoms with Gasteiger partial charge in [0.05, 0.1) is 17.8 Å². The van der Waals surface area contributed by atoms with Crippen LogP contribution in [-0.2, 0) is 17.8 Å². The number of carbonyl (C=O) groups is 1. The number of halogens is 1. The molecular formula is C28H25BrN2O3. The quantitative estimate of drug-likeness (QED) is 0.210. The van der Waals surface area contributed by atoms with Gasteiger partial charge in [0.15, 0.2) is 11.5 Å². The number of rotatable bonds is 9. The van der Waals surface area contributed by atoms with Crippen LogP contribution in [0.15, 0.2) is 94.5 Å². The van der Waals surface area contributed by atoms with Crippen molar-refractivity contribution in [2.75, 3.05) is 7.11 Å². The van der Waals surface area contributed by atoms with Crippen molar-refractivity contribution in [2.45, 2.75) is 19.4 Å². The zero-order chi connectivity index (χ0) is 23.8. The third kappa shape index (κ3) is 6.02. The number of nitrogens with zero attached hydrogens (tertiary/aromatic N) is 1. The first-order chi connectivity index (χ1) is 16.6. The fourth-order valence-corrected chi connectivity index (χ4v) is 4.23. The standard InChI is InChI=1S/C28H25BrN2O3/c1-33-26-17-21(18-30-31-27(32)15-14-20-8-3-2-4-9-20)16-25(29)28(26)34-19-23-12-7-11-22-10-5-6-13-24(22)23/h2-13,16-18H,14-15,19H2,1H3,(H,31,32)/b30-18-. The Balaban J connectivity index is 1.39. The number of hydrogen-bond acceptors (Lipinski definition) is 4. The summed E-state index contributed by atoms with van der Waals surface area (Å²) in [7, 11) is 1.60. The molecule has 0 atom stereocenters. The summed E-state index contributed by atoms with van der Waals surface area (Å²) in [5.74, 6) is 1.05. The van der Waals surface area contributed by atoms with E-state index in [4.69, 9.17) is 9.47 Å². The highest BCUT2D eigenvalue weighted by Gasteiger charge is 2.12. The van der Waals surface area contributed by atoms with E-state index in [9.17, 15) is 4.79 Å². The lowest BCUT2D eigenvalue weighted by molar-refractivity contribution is -0.121. The van der Waals surface area contributed by atoms with Crippen LogP contribution in [0.25, 0.3) is 10.8 Å². The van der Waals surface area contributed by atoms with E-state index in [0.717, 1.165) is 26.5 Å². The van der Waals surface area contributed by atoms with Gasteiger partial charge in [0.2, 0.25) is 5.91 Å². The predicted octanol–water partition coefficient (Wildman–Crippen LogP) is 6.27. The summed E-state index contributed by atoms with van der Waals surface area (Å²) in [5.41, 5.74) is 5.56. The molecule has 6 heteroatoms. The molecule has 0 unspecified atom stereocenters. The number of aryl methyl sites for hydroxylation is 1. The number of carbonyl (C=O) groups excluding carboxylic acids is 1. The fourth-order valence-electron chi connectivity index (χ4n) is 3.66. The molecule has 4 rings (SSSR count). The first-order valence-electron chi connectivity index (χ1n) is 11.0. The molecule has 0 aromatic heterocycles. The molecule has 0 heterocycles. The minimum absolute atomic E-state index is 0.138. The Morgan fingerprint density at radius 2 is 1.76 bits per heavy atom. The summed E-state index contributed by atoms with van der Waals surface area (Å²) >= 11 is 3.58. The molecule has 4 aromatic carbocycles. The smallest absolute Gasteiger partial charge is 0.240 e. The number of hydrogen-bond donors (Lipinski definition) is 1. The minimum Gasteiger partial charge on any atom is -0.493 e. The highest BCUT2D eigenvalue weighted by molar-refractivity contribution is 9.10. The summed E-state index contributed by atoms with van der Waals surface area (Å²) in [5, 5.41) is 6.42.